The first kappa shape index (κ1) is 19.6. The van der Waals surface area contributed by atoms with Crippen LogP contribution in [0.4, 0.5) is 0 Å². The molecule has 0 saturated carbocycles. The van der Waals surface area contributed by atoms with Gasteiger partial charge in [0.1, 0.15) is 6.61 Å². The van der Waals surface area contributed by atoms with Crippen molar-refractivity contribution in [3.63, 3.8) is 0 Å². The molecule has 0 aromatic rings. The van der Waals surface area contributed by atoms with Gasteiger partial charge in [0, 0.05) is 6.61 Å². The summed E-state index contributed by atoms with van der Waals surface area (Å²) in [6.45, 7) is 5.65. The van der Waals surface area contributed by atoms with Gasteiger partial charge in [-0.1, -0.05) is 13.3 Å². The summed E-state index contributed by atoms with van der Waals surface area (Å²) in [5.41, 5.74) is 0. The van der Waals surface area contributed by atoms with Gasteiger partial charge in [0.25, 0.3) is 0 Å². The van der Waals surface area contributed by atoms with E-state index >= 15 is 0 Å². The maximum absolute atomic E-state index is 10.5. The van der Waals surface area contributed by atoms with Gasteiger partial charge in [-0.2, -0.15) is 0 Å². The molecule has 0 aromatic heterocycles. The maximum atomic E-state index is 10.5. The average molecular weight is 266 g/mol. The summed E-state index contributed by atoms with van der Waals surface area (Å²) in [5, 5.41) is 16.5. The predicted molar refractivity (Wildman–Crippen MR) is 67.4 cm³/mol. The van der Waals surface area contributed by atoms with E-state index in [9.17, 15) is 4.79 Å². The van der Waals surface area contributed by atoms with Crippen LogP contribution in [-0.2, 0) is 19.0 Å². The summed E-state index contributed by atoms with van der Waals surface area (Å²) in [6.07, 6.45) is 2.26. The molecule has 0 atom stereocenters. The van der Waals surface area contributed by atoms with Crippen LogP contribution in [0.3, 0.4) is 0 Å². The Balaban J connectivity index is 0. The van der Waals surface area contributed by atoms with Gasteiger partial charge in [-0.3, -0.25) is 0 Å². The predicted octanol–water partition coefficient (Wildman–Crippen LogP) is 0.354. The summed E-state index contributed by atoms with van der Waals surface area (Å²) in [6, 6.07) is 0. The second-order valence-electron chi connectivity index (χ2n) is 3.27. The fourth-order valence-corrected chi connectivity index (χ4v) is 0.836. The minimum absolute atomic E-state index is 0.0700. The monoisotopic (exact) mass is 266 g/mol. The van der Waals surface area contributed by atoms with Crippen LogP contribution in [0.2, 0.25) is 0 Å². The molecular weight excluding hydrogens is 240 g/mol. The molecule has 0 fully saturated rings. The number of esters is 1. The standard InChI is InChI=1S/C6H12O4.C6H14O2/c1-2-10-6(8)5-9-4-3-7;1-2-3-5-8-6-4-7/h7H,2-5H2,1H3;7H,2-6H2,1H3. The molecular formula is C12H26O6. The van der Waals surface area contributed by atoms with Gasteiger partial charge in [0.15, 0.2) is 0 Å². The van der Waals surface area contributed by atoms with Gasteiger partial charge in [-0.15, -0.1) is 0 Å². The van der Waals surface area contributed by atoms with Gasteiger partial charge in [-0.05, 0) is 13.3 Å². The highest BCUT2D eigenvalue weighted by atomic mass is 16.6. The van der Waals surface area contributed by atoms with Crippen molar-refractivity contribution in [2.45, 2.75) is 26.7 Å². The SMILES string of the molecule is CCCCOCCO.CCOC(=O)COCCO. The smallest absolute Gasteiger partial charge is 0.332 e. The number of aliphatic hydroxyl groups is 2. The van der Waals surface area contributed by atoms with Crippen molar-refractivity contribution in [3.8, 4) is 0 Å². The Morgan fingerprint density at radius 3 is 2.11 bits per heavy atom. The zero-order valence-corrected chi connectivity index (χ0v) is 11.4. The van der Waals surface area contributed by atoms with Crippen LogP contribution >= 0.6 is 0 Å². The van der Waals surface area contributed by atoms with Crippen molar-refractivity contribution >= 4 is 5.97 Å². The summed E-state index contributed by atoms with van der Waals surface area (Å²) >= 11 is 0. The molecule has 110 valence electrons. The molecule has 0 aliphatic carbocycles. The fraction of sp³-hybridized carbons (Fsp3) is 0.917. The number of hydrogen-bond acceptors (Lipinski definition) is 6. The number of rotatable bonds is 10. The zero-order chi connectivity index (χ0) is 14.1. The van der Waals surface area contributed by atoms with E-state index in [2.05, 4.69) is 16.4 Å². The summed E-state index contributed by atoms with van der Waals surface area (Å²) in [7, 11) is 0. The lowest BCUT2D eigenvalue weighted by atomic mass is 10.4. The molecule has 0 aromatic carbocycles. The molecule has 2 N–H and O–H groups in total. The van der Waals surface area contributed by atoms with E-state index < -0.39 is 5.97 Å². The molecule has 0 bridgehead atoms. The Morgan fingerprint density at radius 2 is 1.61 bits per heavy atom. The topological polar surface area (TPSA) is 85.2 Å². The Morgan fingerprint density at radius 1 is 1.00 bits per heavy atom. The van der Waals surface area contributed by atoms with E-state index in [4.69, 9.17) is 14.9 Å². The quantitative estimate of drug-likeness (QED) is 0.438. The van der Waals surface area contributed by atoms with E-state index in [0.717, 1.165) is 19.4 Å². The first-order valence-electron chi connectivity index (χ1n) is 6.25. The van der Waals surface area contributed by atoms with Gasteiger partial charge >= 0.3 is 5.97 Å². The van der Waals surface area contributed by atoms with Crippen LogP contribution < -0.4 is 0 Å². The van der Waals surface area contributed by atoms with Crippen molar-refractivity contribution in [2.24, 2.45) is 0 Å². The van der Waals surface area contributed by atoms with Crippen molar-refractivity contribution in [1.29, 1.82) is 0 Å². The second-order valence-corrected chi connectivity index (χ2v) is 3.27. The number of carbonyl (C=O) groups excluding carboxylic acids is 1. The minimum atomic E-state index is -0.393. The van der Waals surface area contributed by atoms with Crippen LogP contribution in [0.1, 0.15) is 26.7 Å². The Hall–Kier alpha value is -0.690. The third-order valence-corrected chi connectivity index (χ3v) is 1.64. The van der Waals surface area contributed by atoms with Crippen molar-refractivity contribution in [2.75, 3.05) is 46.2 Å². The molecule has 0 radical (unpaired) electrons. The zero-order valence-electron chi connectivity index (χ0n) is 11.4. The molecule has 6 heteroatoms. The Bertz CT molecular complexity index is 157. The van der Waals surface area contributed by atoms with E-state index in [1.807, 2.05) is 0 Å². The van der Waals surface area contributed by atoms with Crippen molar-refractivity contribution < 1.29 is 29.2 Å². The van der Waals surface area contributed by atoms with E-state index in [1.54, 1.807) is 6.92 Å². The average Bonchev–Trinajstić information content (AvgIpc) is 2.36. The van der Waals surface area contributed by atoms with Crippen LogP contribution in [0.5, 0.6) is 0 Å². The third kappa shape index (κ3) is 20.7. The highest BCUT2D eigenvalue weighted by Gasteiger charge is 1.98. The van der Waals surface area contributed by atoms with Crippen LogP contribution in [0.25, 0.3) is 0 Å². The molecule has 0 amide bonds. The fourth-order valence-electron chi connectivity index (χ4n) is 0.836. The summed E-state index contributed by atoms with van der Waals surface area (Å²) in [4.78, 5) is 10.5. The largest absolute Gasteiger partial charge is 0.464 e. The van der Waals surface area contributed by atoms with Crippen molar-refractivity contribution in [1.82, 2.24) is 0 Å². The first-order valence-corrected chi connectivity index (χ1v) is 6.25. The van der Waals surface area contributed by atoms with Gasteiger partial charge < -0.3 is 24.4 Å². The number of hydrogen-bond donors (Lipinski definition) is 2. The molecule has 0 unspecified atom stereocenters. The van der Waals surface area contributed by atoms with Gasteiger partial charge in [-0.25, -0.2) is 4.79 Å². The van der Waals surface area contributed by atoms with Crippen LogP contribution in [-0.4, -0.2) is 62.4 Å². The number of ether oxygens (including phenoxy) is 3. The molecule has 0 saturated heterocycles. The molecule has 0 aliphatic heterocycles. The molecule has 0 spiro atoms. The molecule has 6 nitrogen and oxygen atoms in total. The van der Waals surface area contributed by atoms with Crippen LogP contribution in [0, 0.1) is 0 Å². The molecule has 0 heterocycles. The van der Waals surface area contributed by atoms with Crippen LogP contribution in [0.15, 0.2) is 0 Å². The Kier molecular flexibility index (Phi) is 20.4. The molecule has 0 aliphatic rings. The highest BCUT2D eigenvalue weighted by molar-refractivity contribution is 5.70. The van der Waals surface area contributed by atoms with E-state index in [-0.39, 0.29) is 26.4 Å². The number of carbonyl (C=O) groups is 1. The minimum Gasteiger partial charge on any atom is -0.464 e. The number of unbranched alkanes of at least 4 members (excludes halogenated alkanes) is 1. The summed E-state index contributed by atoms with van der Waals surface area (Å²) in [5.74, 6) is -0.393. The molecule has 18 heavy (non-hydrogen) atoms. The normalized spacial score (nSPS) is 9.56. The molecule has 0 rings (SSSR count). The van der Waals surface area contributed by atoms with E-state index in [1.165, 1.54) is 0 Å². The Labute approximate surface area is 109 Å². The lowest BCUT2D eigenvalue weighted by molar-refractivity contribution is -0.148. The highest BCUT2D eigenvalue weighted by Crippen LogP contribution is 1.85. The van der Waals surface area contributed by atoms with Gasteiger partial charge in [0.05, 0.1) is 33.0 Å². The first-order chi connectivity index (χ1) is 8.72. The lowest BCUT2D eigenvalue weighted by Crippen LogP contribution is -2.13. The van der Waals surface area contributed by atoms with Crippen molar-refractivity contribution in [3.05, 3.63) is 0 Å². The second kappa shape index (κ2) is 18.7. The van der Waals surface area contributed by atoms with Gasteiger partial charge in [0.2, 0.25) is 0 Å². The lowest BCUT2D eigenvalue weighted by Gasteiger charge is -2.00. The van der Waals surface area contributed by atoms with E-state index in [0.29, 0.717) is 13.2 Å². The third-order valence-electron chi connectivity index (χ3n) is 1.64. The number of aliphatic hydroxyl groups excluding tert-OH is 2. The maximum Gasteiger partial charge on any atom is 0.332 e. The summed E-state index contributed by atoms with van der Waals surface area (Å²) < 4.78 is 14.2.